The zero-order valence-electron chi connectivity index (χ0n) is 23.7. The molecule has 10 nitrogen and oxygen atoms in total. The number of aromatic nitrogens is 4. The molecule has 15 heteroatoms. The lowest BCUT2D eigenvalue weighted by atomic mass is 10.0. The molecule has 0 aliphatic carbocycles. The zero-order chi connectivity index (χ0) is 31.5. The van der Waals surface area contributed by atoms with Crippen LogP contribution in [0.2, 0.25) is 10.0 Å². The Labute approximate surface area is 256 Å². The molecule has 0 radical (unpaired) electrons. The Morgan fingerprint density at radius 3 is 2.40 bits per heavy atom. The molecule has 2 saturated heterocycles. The minimum atomic E-state index is -5.08. The Morgan fingerprint density at radius 2 is 1.79 bits per heavy atom. The number of likely N-dealkylation sites (tertiary alicyclic amines) is 1. The highest BCUT2D eigenvalue weighted by Crippen LogP contribution is 2.32. The lowest BCUT2D eigenvalue weighted by Gasteiger charge is -2.39. The number of carboxylic acid groups (broad SMARTS) is 2. The molecule has 1 aromatic carbocycles. The van der Waals surface area contributed by atoms with Crippen molar-refractivity contribution in [3.63, 3.8) is 0 Å². The highest BCUT2D eigenvalue weighted by molar-refractivity contribution is 6.35. The van der Waals surface area contributed by atoms with Crippen molar-refractivity contribution >= 4 is 52.1 Å². The van der Waals surface area contributed by atoms with E-state index in [2.05, 4.69) is 16.7 Å². The molecule has 234 valence electrons. The second-order valence-electron chi connectivity index (χ2n) is 10.8. The van der Waals surface area contributed by atoms with Gasteiger partial charge in [0.05, 0.1) is 17.9 Å². The predicted molar refractivity (Wildman–Crippen MR) is 156 cm³/mol. The number of benzene rings is 1. The van der Waals surface area contributed by atoms with Crippen molar-refractivity contribution in [3.05, 3.63) is 45.7 Å². The van der Waals surface area contributed by atoms with Gasteiger partial charge in [-0.2, -0.15) is 18.3 Å². The number of fused-ring (bicyclic) bond motifs is 1. The summed E-state index contributed by atoms with van der Waals surface area (Å²) in [5, 5.41) is 22.2. The Morgan fingerprint density at radius 1 is 1.12 bits per heavy atom. The fraction of sp³-hybridized carbons (Fsp3) is 0.536. The minimum absolute atomic E-state index is 0.126. The van der Waals surface area contributed by atoms with Crippen LogP contribution < -0.4 is 4.90 Å². The Bertz CT molecular complexity index is 1460. The standard InChI is InChI=1S/C26H32Cl2N6O2.C2HF3O2/c1-16-25-26(34(31-16)17(2)21-7-5-18(27)14-22(21)28)30-23(15-29-25)32-12-9-20(10-13-32)33-11-3-4-19(33)6-8-24(35)36;3-2(4,5)1(6)7/h5,7,14-15,17,19-20H,3-4,6,8-13H2,1-2H3,(H,35,36);(H,6,7)/t17-,19?;/m1./s1. The normalized spacial score (nSPS) is 18.9. The van der Waals surface area contributed by atoms with Gasteiger partial charge in [0.1, 0.15) is 11.3 Å². The molecule has 3 aromatic rings. The molecule has 1 unspecified atom stereocenters. The Hall–Kier alpha value is -3.16. The first-order chi connectivity index (χ1) is 20.3. The van der Waals surface area contributed by atoms with Crippen molar-refractivity contribution < 1.29 is 33.0 Å². The van der Waals surface area contributed by atoms with Crippen LogP contribution >= 0.6 is 23.2 Å². The first kappa shape index (κ1) is 32.7. The maximum absolute atomic E-state index is 11.1. The number of hydrogen-bond donors (Lipinski definition) is 2. The molecule has 2 aliphatic heterocycles. The van der Waals surface area contributed by atoms with E-state index in [-0.39, 0.29) is 12.5 Å². The van der Waals surface area contributed by atoms with Gasteiger partial charge in [0, 0.05) is 41.6 Å². The van der Waals surface area contributed by atoms with Gasteiger partial charge in [0.2, 0.25) is 0 Å². The van der Waals surface area contributed by atoms with Crippen molar-refractivity contribution in [1.82, 2.24) is 24.6 Å². The zero-order valence-corrected chi connectivity index (χ0v) is 25.2. The van der Waals surface area contributed by atoms with Gasteiger partial charge in [-0.1, -0.05) is 29.3 Å². The van der Waals surface area contributed by atoms with E-state index >= 15 is 0 Å². The quantitative estimate of drug-likeness (QED) is 0.319. The fourth-order valence-electron chi connectivity index (χ4n) is 5.80. The number of alkyl halides is 3. The second-order valence-corrected chi connectivity index (χ2v) is 11.6. The first-order valence-corrected chi connectivity index (χ1v) is 14.7. The van der Waals surface area contributed by atoms with Gasteiger partial charge < -0.3 is 15.1 Å². The van der Waals surface area contributed by atoms with Crippen LogP contribution in [0, 0.1) is 6.92 Å². The van der Waals surface area contributed by atoms with E-state index in [1.165, 1.54) is 0 Å². The highest BCUT2D eigenvalue weighted by atomic mass is 35.5. The number of aliphatic carboxylic acids is 2. The monoisotopic (exact) mass is 644 g/mol. The van der Waals surface area contributed by atoms with Crippen LogP contribution in [-0.2, 0) is 9.59 Å². The number of hydrogen-bond acceptors (Lipinski definition) is 7. The minimum Gasteiger partial charge on any atom is -0.481 e. The second kappa shape index (κ2) is 13.6. The van der Waals surface area contributed by atoms with Gasteiger partial charge in [-0.25, -0.2) is 19.4 Å². The largest absolute Gasteiger partial charge is 0.490 e. The number of carboxylic acids is 2. The summed E-state index contributed by atoms with van der Waals surface area (Å²) in [6, 6.07) is 6.29. The van der Waals surface area contributed by atoms with Gasteiger partial charge in [0.15, 0.2) is 5.65 Å². The van der Waals surface area contributed by atoms with Gasteiger partial charge in [-0.3, -0.25) is 9.69 Å². The van der Waals surface area contributed by atoms with Crippen molar-refractivity contribution in [3.8, 4) is 0 Å². The molecule has 2 aliphatic rings. The molecular formula is C28H33Cl2F3N6O4. The van der Waals surface area contributed by atoms with Gasteiger partial charge >= 0.3 is 18.1 Å². The molecule has 5 rings (SSSR count). The Balaban J connectivity index is 0.000000541. The predicted octanol–water partition coefficient (Wildman–Crippen LogP) is 5.98. The number of anilines is 1. The van der Waals surface area contributed by atoms with Gasteiger partial charge in [-0.05, 0) is 70.2 Å². The summed E-state index contributed by atoms with van der Waals surface area (Å²) in [5.74, 6) is -2.60. The summed E-state index contributed by atoms with van der Waals surface area (Å²) in [7, 11) is 0. The topological polar surface area (TPSA) is 125 Å². The van der Waals surface area contributed by atoms with E-state index in [1.54, 1.807) is 6.07 Å². The molecule has 4 heterocycles. The number of aryl methyl sites for hydroxylation is 1. The number of piperidine rings is 1. The molecule has 0 bridgehead atoms. The van der Waals surface area contributed by atoms with Crippen LogP contribution in [0.5, 0.6) is 0 Å². The van der Waals surface area contributed by atoms with Gasteiger partial charge in [0.25, 0.3) is 0 Å². The first-order valence-electron chi connectivity index (χ1n) is 14.0. The summed E-state index contributed by atoms with van der Waals surface area (Å²) in [6.07, 6.45) is 2.11. The smallest absolute Gasteiger partial charge is 0.481 e. The molecule has 43 heavy (non-hydrogen) atoms. The van der Waals surface area contributed by atoms with Crippen LogP contribution in [0.4, 0.5) is 19.0 Å². The summed E-state index contributed by atoms with van der Waals surface area (Å²) in [6.45, 7) is 6.88. The molecule has 2 N–H and O–H groups in total. The van der Waals surface area contributed by atoms with Crippen LogP contribution in [0.3, 0.4) is 0 Å². The van der Waals surface area contributed by atoms with Crippen LogP contribution in [-0.4, -0.2) is 84.7 Å². The third kappa shape index (κ3) is 7.87. The number of nitrogens with zero attached hydrogens (tertiary/aromatic N) is 6. The van der Waals surface area contributed by atoms with Crippen molar-refractivity contribution in [2.24, 2.45) is 0 Å². The maximum Gasteiger partial charge on any atom is 0.490 e. The van der Waals surface area contributed by atoms with Crippen LogP contribution in [0.1, 0.15) is 62.7 Å². The third-order valence-electron chi connectivity index (χ3n) is 7.95. The average Bonchev–Trinajstić information content (AvgIpc) is 3.55. The summed E-state index contributed by atoms with van der Waals surface area (Å²) >= 11 is 12.6. The van der Waals surface area contributed by atoms with E-state index in [0.29, 0.717) is 22.1 Å². The molecule has 2 aromatic heterocycles. The summed E-state index contributed by atoms with van der Waals surface area (Å²) in [5.41, 5.74) is 3.31. The molecule has 0 saturated carbocycles. The van der Waals surface area contributed by atoms with Crippen molar-refractivity contribution in [2.75, 3.05) is 24.5 Å². The Kier molecular flexibility index (Phi) is 10.4. The third-order valence-corrected chi connectivity index (χ3v) is 8.51. The molecule has 2 fully saturated rings. The highest BCUT2D eigenvalue weighted by Gasteiger charge is 2.38. The van der Waals surface area contributed by atoms with E-state index in [4.69, 9.17) is 53.3 Å². The summed E-state index contributed by atoms with van der Waals surface area (Å²) in [4.78, 5) is 34.6. The fourth-order valence-corrected chi connectivity index (χ4v) is 6.37. The van der Waals surface area contributed by atoms with E-state index < -0.39 is 18.1 Å². The summed E-state index contributed by atoms with van der Waals surface area (Å²) < 4.78 is 33.6. The van der Waals surface area contributed by atoms with Crippen molar-refractivity contribution in [2.45, 2.75) is 76.7 Å². The average molecular weight is 646 g/mol. The number of carbonyl (C=O) groups is 2. The van der Waals surface area contributed by atoms with Gasteiger partial charge in [-0.15, -0.1) is 0 Å². The maximum atomic E-state index is 11.1. The van der Waals surface area contributed by atoms with E-state index in [1.807, 2.05) is 29.9 Å². The van der Waals surface area contributed by atoms with E-state index in [9.17, 15) is 18.0 Å². The SMILES string of the molecule is Cc1nn([C@H](C)c2ccc(Cl)cc2Cl)c2nc(N3CCC(N4CCCC4CCC(=O)O)CC3)cnc12.O=C(O)C(F)(F)F. The van der Waals surface area contributed by atoms with Crippen LogP contribution in [0.15, 0.2) is 24.4 Å². The van der Waals surface area contributed by atoms with E-state index in [0.717, 1.165) is 80.0 Å². The van der Waals surface area contributed by atoms with Crippen LogP contribution in [0.25, 0.3) is 11.2 Å². The lowest BCUT2D eigenvalue weighted by molar-refractivity contribution is -0.192. The molecule has 2 atom stereocenters. The number of halogens is 5. The molecular weight excluding hydrogens is 612 g/mol. The lowest BCUT2D eigenvalue weighted by Crippen LogP contribution is -2.47. The number of rotatable bonds is 7. The van der Waals surface area contributed by atoms with Crippen molar-refractivity contribution in [1.29, 1.82) is 0 Å². The molecule has 0 spiro atoms. The molecule has 0 amide bonds.